The van der Waals surface area contributed by atoms with Crippen molar-refractivity contribution in [2.75, 3.05) is 6.61 Å². The molecule has 6 nitrogen and oxygen atoms in total. The van der Waals surface area contributed by atoms with Gasteiger partial charge >= 0.3 is 6.03 Å². The van der Waals surface area contributed by atoms with Gasteiger partial charge in [0.2, 0.25) is 0 Å². The molecule has 3 rings (SSSR count). The molecular weight excluding hydrogens is 268 g/mol. The van der Waals surface area contributed by atoms with Crippen LogP contribution in [0.25, 0.3) is 11.1 Å². The molecule has 5 N–H and O–H groups in total. The summed E-state index contributed by atoms with van der Waals surface area (Å²) in [7, 11) is 0. The number of hydrogen-bond acceptors (Lipinski definition) is 4. The van der Waals surface area contributed by atoms with Crippen LogP contribution in [-0.2, 0) is 4.84 Å². The molecule has 21 heavy (non-hydrogen) atoms. The summed E-state index contributed by atoms with van der Waals surface area (Å²) >= 11 is 0. The molecule has 0 unspecified atom stereocenters. The maximum Gasteiger partial charge on any atom is 0.370 e. The Kier molecular flexibility index (Phi) is 3.57. The monoisotopic (exact) mass is 284 g/mol. The topological polar surface area (TPSA) is 93.6 Å². The van der Waals surface area contributed by atoms with Crippen LogP contribution in [0.5, 0.6) is 0 Å². The molecule has 0 aromatic heterocycles. The number of nitrogens with two attached hydrogens (primary N) is 2. The fourth-order valence-corrected chi connectivity index (χ4v) is 2.72. The van der Waals surface area contributed by atoms with Gasteiger partial charge in [0.1, 0.15) is 0 Å². The number of nitrogens with one attached hydrogen (secondary N) is 1. The minimum atomic E-state index is -0.699. The van der Waals surface area contributed by atoms with E-state index in [1.165, 1.54) is 22.3 Å². The van der Waals surface area contributed by atoms with Gasteiger partial charge in [-0.25, -0.2) is 16.5 Å². The number of carbonyl (C=O) groups excluding carboxylic acids is 1. The van der Waals surface area contributed by atoms with Crippen molar-refractivity contribution in [3.63, 3.8) is 0 Å². The molecule has 108 valence electrons. The third-order valence-corrected chi connectivity index (χ3v) is 3.67. The van der Waals surface area contributed by atoms with Crippen LogP contribution < -0.4 is 17.1 Å². The van der Waals surface area contributed by atoms with Crippen LogP contribution >= 0.6 is 0 Å². The van der Waals surface area contributed by atoms with Gasteiger partial charge in [-0.15, -0.1) is 5.17 Å². The Morgan fingerprint density at radius 2 is 1.62 bits per heavy atom. The number of hydroxylamine groups is 1. The maximum absolute atomic E-state index is 11.2. The van der Waals surface area contributed by atoms with E-state index in [4.69, 9.17) is 16.5 Å². The Balaban J connectivity index is 1.87. The highest BCUT2D eigenvalue weighted by Gasteiger charge is 2.29. The van der Waals surface area contributed by atoms with E-state index >= 15 is 0 Å². The summed E-state index contributed by atoms with van der Waals surface area (Å²) in [5.41, 5.74) is 6.63. The molecule has 0 saturated heterocycles. The summed E-state index contributed by atoms with van der Waals surface area (Å²) in [6.07, 6.45) is 0. The number of amides is 2. The fraction of sp³-hybridized carbons (Fsp3) is 0.133. The van der Waals surface area contributed by atoms with E-state index in [1.807, 2.05) is 29.7 Å². The van der Waals surface area contributed by atoms with Crippen LogP contribution in [0, 0.1) is 0 Å². The van der Waals surface area contributed by atoms with E-state index in [-0.39, 0.29) is 12.5 Å². The Morgan fingerprint density at radius 1 is 1.10 bits per heavy atom. The lowest BCUT2D eigenvalue weighted by atomic mass is 9.98. The molecule has 0 radical (unpaired) electrons. The molecule has 1 aliphatic rings. The number of nitrogens with zero attached hydrogens (tertiary/aromatic N) is 1. The Bertz CT molecular complexity index is 629. The van der Waals surface area contributed by atoms with Gasteiger partial charge in [-0.2, -0.15) is 0 Å². The van der Waals surface area contributed by atoms with E-state index in [0.717, 1.165) is 0 Å². The molecule has 0 heterocycles. The smallest absolute Gasteiger partial charge is 0.273 e. The summed E-state index contributed by atoms with van der Waals surface area (Å²) in [5, 5.41) is 0.615. The summed E-state index contributed by atoms with van der Waals surface area (Å²) in [6, 6.07) is 15.6. The van der Waals surface area contributed by atoms with Crippen LogP contribution in [0.3, 0.4) is 0 Å². The van der Waals surface area contributed by atoms with Gasteiger partial charge < -0.3 is 0 Å². The third kappa shape index (κ3) is 2.36. The lowest BCUT2D eigenvalue weighted by Crippen LogP contribution is -2.47. The van der Waals surface area contributed by atoms with Crippen molar-refractivity contribution >= 4 is 6.03 Å². The van der Waals surface area contributed by atoms with Crippen molar-refractivity contribution in [1.82, 2.24) is 10.6 Å². The summed E-state index contributed by atoms with van der Waals surface area (Å²) in [4.78, 5) is 16.6. The molecule has 0 bridgehead atoms. The molecule has 0 fully saturated rings. The summed E-state index contributed by atoms with van der Waals surface area (Å²) in [5.74, 6) is 10.5. The van der Waals surface area contributed by atoms with Gasteiger partial charge in [0.25, 0.3) is 0 Å². The van der Waals surface area contributed by atoms with Crippen molar-refractivity contribution in [2.24, 2.45) is 11.7 Å². The number of benzene rings is 2. The normalized spacial score (nSPS) is 12.7. The first-order valence-electron chi connectivity index (χ1n) is 6.59. The minimum Gasteiger partial charge on any atom is -0.273 e. The average Bonchev–Trinajstić information content (AvgIpc) is 2.86. The van der Waals surface area contributed by atoms with Crippen LogP contribution in [-0.4, -0.2) is 17.8 Å². The van der Waals surface area contributed by atoms with Crippen LogP contribution in [0.2, 0.25) is 0 Å². The van der Waals surface area contributed by atoms with Crippen molar-refractivity contribution in [3.05, 3.63) is 59.7 Å². The molecule has 2 aromatic rings. The second kappa shape index (κ2) is 5.53. The van der Waals surface area contributed by atoms with Crippen LogP contribution in [0.4, 0.5) is 4.79 Å². The fourth-order valence-electron chi connectivity index (χ4n) is 2.72. The van der Waals surface area contributed by atoms with Gasteiger partial charge in [-0.3, -0.25) is 10.3 Å². The van der Waals surface area contributed by atoms with E-state index in [9.17, 15) is 4.79 Å². The summed E-state index contributed by atoms with van der Waals surface area (Å²) in [6.45, 7) is 0.262. The number of rotatable bonds is 3. The number of hydrazine groups is 2. The van der Waals surface area contributed by atoms with Crippen LogP contribution in [0.15, 0.2) is 48.5 Å². The highest BCUT2D eigenvalue weighted by atomic mass is 16.7. The first-order valence-corrected chi connectivity index (χ1v) is 6.59. The number of carbonyl (C=O) groups is 1. The van der Waals surface area contributed by atoms with Gasteiger partial charge in [0.05, 0.1) is 6.61 Å². The molecule has 2 aromatic carbocycles. The second-order valence-electron chi connectivity index (χ2n) is 4.80. The Morgan fingerprint density at radius 3 is 2.14 bits per heavy atom. The average molecular weight is 284 g/mol. The Hall–Kier alpha value is -2.41. The predicted molar refractivity (Wildman–Crippen MR) is 78.4 cm³/mol. The standard InChI is InChI=1S/C15H16N4O2/c16-18-15(20)19(17)21-9-14-12-7-3-1-5-10(12)11-6-2-4-8-13(11)14/h1-8,14H,9,16-17H2,(H,18,20). The minimum absolute atomic E-state index is 0.0361. The van der Waals surface area contributed by atoms with Crippen molar-refractivity contribution in [2.45, 2.75) is 5.92 Å². The molecule has 0 saturated carbocycles. The molecule has 6 heteroatoms. The summed E-state index contributed by atoms with van der Waals surface area (Å²) < 4.78 is 0. The molecule has 0 atom stereocenters. The molecule has 0 aliphatic heterocycles. The second-order valence-corrected chi connectivity index (χ2v) is 4.80. The largest absolute Gasteiger partial charge is 0.370 e. The first kappa shape index (κ1) is 13.6. The lowest BCUT2D eigenvalue weighted by Gasteiger charge is -2.19. The van der Waals surface area contributed by atoms with Crippen molar-refractivity contribution < 1.29 is 9.63 Å². The van der Waals surface area contributed by atoms with E-state index < -0.39 is 6.03 Å². The highest BCUT2D eigenvalue weighted by molar-refractivity contribution is 5.78. The predicted octanol–water partition coefficient (Wildman–Crippen LogP) is 1.49. The third-order valence-electron chi connectivity index (χ3n) is 3.67. The van der Waals surface area contributed by atoms with E-state index in [0.29, 0.717) is 5.17 Å². The zero-order chi connectivity index (χ0) is 14.8. The molecular formula is C15H16N4O2. The van der Waals surface area contributed by atoms with Crippen LogP contribution in [0.1, 0.15) is 17.0 Å². The SMILES string of the molecule is NNC(=O)N(N)OCC1c2ccccc2-c2ccccc21. The van der Waals surface area contributed by atoms with Crippen molar-refractivity contribution in [3.8, 4) is 11.1 Å². The zero-order valence-corrected chi connectivity index (χ0v) is 11.3. The zero-order valence-electron chi connectivity index (χ0n) is 11.3. The molecule has 1 aliphatic carbocycles. The van der Waals surface area contributed by atoms with E-state index in [1.54, 1.807) is 0 Å². The Labute approximate surface area is 122 Å². The number of urea groups is 1. The van der Waals surface area contributed by atoms with Gasteiger partial charge in [-0.1, -0.05) is 48.5 Å². The first-order chi connectivity index (χ1) is 10.2. The van der Waals surface area contributed by atoms with Gasteiger partial charge in [0, 0.05) is 5.92 Å². The highest BCUT2D eigenvalue weighted by Crippen LogP contribution is 2.44. The number of fused-ring (bicyclic) bond motifs is 3. The quantitative estimate of drug-likeness (QED) is 0.452. The van der Waals surface area contributed by atoms with E-state index in [2.05, 4.69) is 24.3 Å². The lowest BCUT2D eigenvalue weighted by molar-refractivity contribution is -0.121. The number of hydrogen-bond donors (Lipinski definition) is 3. The van der Waals surface area contributed by atoms with Crippen molar-refractivity contribution in [1.29, 1.82) is 0 Å². The maximum atomic E-state index is 11.2. The molecule has 2 amide bonds. The van der Waals surface area contributed by atoms with Gasteiger partial charge in [-0.05, 0) is 22.3 Å². The van der Waals surface area contributed by atoms with Gasteiger partial charge in [0.15, 0.2) is 0 Å². The molecule has 0 spiro atoms.